The number of nitrogens with zero attached hydrogens (tertiary/aromatic N) is 3. The van der Waals surface area contributed by atoms with Crippen LogP contribution >= 0.6 is 11.3 Å². The van der Waals surface area contributed by atoms with Gasteiger partial charge >= 0.3 is 6.18 Å². The lowest BCUT2D eigenvalue weighted by Crippen LogP contribution is -2.46. The highest BCUT2D eigenvalue weighted by atomic mass is 32.1. The third-order valence-corrected chi connectivity index (χ3v) is 4.61. The summed E-state index contributed by atoms with van der Waals surface area (Å²) in [6.45, 7) is 3.41. The van der Waals surface area contributed by atoms with Crippen LogP contribution in [0.15, 0.2) is 35.8 Å². The van der Waals surface area contributed by atoms with Gasteiger partial charge < -0.3 is 4.90 Å². The minimum Gasteiger partial charge on any atom is -0.346 e. The van der Waals surface area contributed by atoms with E-state index < -0.39 is 11.7 Å². The number of aromatic nitrogens is 1. The monoisotopic (exact) mass is 327 g/mol. The highest BCUT2D eigenvalue weighted by molar-refractivity contribution is 7.13. The Morgan fingerprint density at radius 2 is 1.82 bits per heavy atom. The summed E-state index contributed by atoms with van der Waals surface area (Å²) in [5, 5.41) is 2.91. The molecule has 0 amide bonds. The molecule has 3 rings (SSSR count). The highest BCUT2D eigenvalue weighted by Crippen LogP contribution is 2.32. The maximum absolute atomic E-state index is 13.0. The van der Waals surface area contributed by atoms with Gasteiger partial charge in [-0.2, -0.15) is 13.2 Å². The largest absolute Gasteiger partial charge is 0.416 e. The molecule has 0 atom stereocenters. The first kappa shape index (κ1) is 15.3. The predicted molar refractivity (Wildman–Crippen MR) is 81.0 cm³/mol. The summed E-state index contributed by atoms with van der Waals surface area (Å²) < 4.78 is 39.1. The van der Waals surface area contributed by atoms with Gasteiger partial charge in [0.05, 0.1) is 5.56 Å². The van der Waals surface area contributed by atoms with E-state index in [9.17, 15) is 13.2 Å². The third-order valence-electron chi connectivity index (χ3n) is 3.78. The second kappa shape index (κ2) is 6.26. The standard InChI is InChI=1S/C15H16F3N3S/c16-15(17,18)13-4-2-1-3-12(13)11-20-6-8-21(9-7-20)14-19-5-10-22-14/h1-5,10H,6-9,11H2. The number of alkyl halides is 3. The third kappa shape index (κ3) is 3.41. The van der Waals surface area contributed by atoms with E-state index in [1.807, 2.05) is 5.38 Å². The number of thiazole rings is 1. The quantitative estimate of drug-likeness (QED) is 0.860. The molecule has 22 heavy (non-hydrogen) atoms. The average molecular weight is 327 g/mol. The Morgan fingerprint density at radius 3 is 2.45 bits per heavy atom. The normalized spacial score (nSPS) is 17.0. The van der Waals surface area contributed by atoms with Gasteiger partial charge in [0.1, 0.15) is 0 Å². The smallest absolute Gasteiger partial charge is 0.346 e. The number of anilines is 1. The molecule has 0 N–H and O–H groups in total. The van der Waals surface area contributed by atoms with Crippen LogP contribution in [0.2, 0.25) is 0 Å². The van der Waals surface area contributed by atoms with Gasteiger partial charge in [-0.15, -0.1) is 11.3 Å². The van der Waals surface area contributed by atoms with Crippen LogP contribution in [0.5, 0.6) is 0 Å². The van der Waals surface area contributed by atoms with Crippen molar-refractivity contribution in [1.82, 2.24) is 9.88 Å². The summed E-state index contributed by atoms with van der Waals surface area (Å²) in [4.78, 5) is 8.51. The van der Waals surface area contributed by atoms with Crippen LogP contribution in [-0.4, -0.2) is 36.1 Å². The molecule has 1 aromatic heterocycles. The van der Waals surface area contributed by atoms with Crippen LogP contribution in [0.3, 0.4) is 0 Å². The maximum Gasteiger partial charge on any atom is 0.416 e. The molecule has 118 valence electrons. The SMILES string of the molecule is FC(F)(F)c1ccccc1CN1CCN(c2nccs2)CC1. The molecule has 1 saturated heterocycles. The fraction of sp³-hybridized carbons (Fsp3) is 0.400. The van der Waals surface area contributed by atoms with Crippen LogP contribution in [0, 0.1) is 0 Å². The van der Waals surface area contributed by atoms with Gasteiger partial charge in [-0.25, -0.2) is 4.98 Å². The van der Waals surface area contributed by atoms with Gasteiger partial charge in [0.25, 0.3) is 0 Å². The summed E-state index contributed by atoms with van der Waals surface area (Å²) in [5.74, 6) is 0. The molecule has 0 saturated carbocycles. The van der Waals surface area contributed by atoms with Crippen LogP contribution in [-0.2, 0) is 12.7 Å². The van der Waals surface area contributed by atoms with Crippen molar-refractivity contribution >= 4 is 16.5 Å². The fourth-order valence-electron chi connectivity index (χ4n) is 2.64. The van der Waals surface area contributed by atoms with Crippen LogP contribution in [0.25, 0.3) is 0 Å². The van der Waals surface area contributed by atoms with Gasteiger partial charge in [0, 0.05) is 44.3 Å². The lowest BCUT2D eigenvalue weighted by Gasteiger charge is -2.34. The van der Waals surface area contributed by atoms with Crippen molar-refractivity contribution in [2.75, 3.05) is 31.1 Å². The van der Waals surface area contributed by atoms with E-state index in [-0.39, 0.29) is 0 Å². The molecule has 0 unspecified atom stereocenters. The van der Waals surface area contributed by atoms with Crippen LogP contribution in [0.4, 0.5) is 18.3 Å². The lowest BCUT2D eigenvalue weighted by molar-refractivity contribution is -0.138. The molecule has 3 nitrogen and oxygen atoms in total. The summed E-state index contributed by atoms with van der Waals surface area (Å²) in [6.07, 6.45) is -2.52. The number of rotatable bonds is 3. The molecule has 0 spiro atoms. The summed E-state index contributed by atoms with van der Waals surface area (Å²) in [7, 11) is 0. The zero-order valence-electron chi connectivity index (χ0n) is 11.9. The topological polar surface area (TPSA) is 19.4 Å². The van der Waals surface area contributed by atoms with Crippen LogP contribution < -0.4 is 4.90 Å². The Morgan fingerprint density at radius 1 is 1.09 bits per heavy atom. The van der Waals surface area contributed by atoms with Crippen molar-refractivity contribution in [3.63, 3.8) is 0 Å². The number of piperazine rings is 1. The van der Waals surface area contributed by atoms with Crippen molar-refractivity contribution in [3.05, 3.63) is 47.0 Å². The van der Waals surface area contributed by atoms with E-state index in [0.717, 1.165) is 37.4 Å². The second-order valence-corrected chi connectivity index (χ2v) is 6.11. The van der Waals surface area contributed by atoms with Crippen molar-refractivity contribution in [2.24, 2.45) is 0 Å². The molecule has 0 bridgehead atoms. The van der Waals surface area contributed by atoms with E-state index in [1.54, 1.807) is 29.7 Å². The average Bonchev–Trinajstić information content (AvgIpc) is 3.02. The summed E-state index contributed by atoms with van der Waals surface area (Å²) in [5.41, 5.74) is -0.185. The Kier molecular flexibility index (Phi) is 4.35. The van der Waals surface area contributed by atoms with E-state index in [1.165, 1.54) is 6.07 Å². The Labute approximate surface area is 131 Å². The summed E-state index contributed by atoms with van der Waals surface area (Å²) >= 11 is 1.59. The van der Waals surface area contributed by atoms with Crippen LogP contribution in [0.1, 0.15) is 11.1 Å². The molecule has 7 heteroatoms. The molecule has 1 aliphatic rings. The first-order valence-electron chi connectivity index (χ1n) is 7.06. The minimum absolute atomic E-state index is 0.335. The maximum atomic E-state index is 13.0. The van der Waals surface area contributed by atoms with Crippen molar-refractivity contribution in [3.8, 4) is 0 Å². The molecule has 0 aliphatic carbocycles. The van der Waals surface area contributed by atoms with Gasteiger partial charge in [-0.3, -0.25) is 4.90 Å². The Bertz CT molecular complexity index is 605. The minimum atomic E-state index is -4.29. The first-order chi connectivity index (χ1) is 10.5. The summed E-state index contributed by atoms with van der Waals surface area (Å²) in [6, 6.07) is 5.82. The molecule has 2 heterocycles. The molecule has 1 aromatic carbocycles. The van der Waals surface area contributed by atoms with E-state index in [2.05, 4.69) is 14.8 Å². The lowest BCUT2D eigenvalue weighted by atomic mass is 10.1. The van der Waals surface area contributed by atoms with E-state index in [0.29, 0.717) is 12.1 Å². The molecule has 2 aromatic rings. The number of benzene rings is 1. The fourth-order valence-corrected chi connectivity index (χ4v) is 3.34. The zero-order valence-corrected chi connectivity index (χ0v) is 12.7. The molecule has 1 fully saturated rings. The predicted octanol–water partition coefficient (Wildman–Crippen LogP) is 3.48. The van der Waals surface area contributed by atoms with Gasteiger partial charge in [-0.1, -0.05) is 18.2 Å². The number of halogens is 3. The van der Waals surface area contributed by atoms with Crippen molar-refractivity contribution < 1.29 is 13.2 Å². The molecule has 0 radical (unpaired) electrons. The molecular weight excluding hydrogens is 311 g/mol. The number of hydrogen-bond donors (Lipinski definition) is 0. The Hall–Kier alpha value is -1.60. The van der Waals surface area contributed by atoms with Crippen molar-refractivity contribution in [1.29, 1.82) is 0 Å². The van der Waals surface area contributed by atoms with Crippen molar-refractivity contribution in [2.45, 2.75) is 12.7 Å². The van der Waals surface area contributed by atoms with E-state index >= 15 is 0 Å². The molecule has 1 aliphatic heterocycles. The number of hydrogen-bond acceptors (Lipinski definition) is 4. The molecular formula is C15H16F3N3S. The van der Waals surface area contributed by atoms with Gasteiger partial charge in [0.15, 0.2) is 5.13 Å². The van der Waals surface area contributed by atoms with Gasteiger partial charge in [0.2, 0.25) is 0 Å². The van der Waals surface area contributed by atoms with Gasteiger partial charge in [-0.05, 0) is 11.6 Å². The van der Waals surface area contributed by atoms with E-state index in [4.69, 9.17) is 0 Å². The zero-order chi connectivity index (χ0) is 15.6. The first-order valence-corrected chi connectivity index (χ1v) is 7.94. The second-order valence-electron chi connectivity index (χ2n) is 5.23. The highest BCUT2D eigenvalue weighted by Gasteiger charge is 2.33. The Balaban J connectivity index is 1.64.